The predicted octanol–water partition coefficient (Wildman–Crippen LogP) is 4.44. The van der Waals surface area contributed by atoms with E-state index in [4.69, 9.17) is 0 Å². The van der Waals surface area contributed by atoms with Crippen molar-refractivity contribution in [3.05, 3.63) is 29.8 Å². The monoisotopic (exact) mass is 259 g/mol. The summed E-state index contributed by atoms with van der Waals surface area (Å²) in [5, 5.41) is 0. The van der Waals surface area contributed by atoms with E-state index in [-0.39, 0.29) is 5.78 Å². The molecule has 0 N–H and O–H groups in total. The second-order valence-corrected chi connectivity index (χ2v) is 5.55. The van der Waals surface area contributed by atoms with Crippen LogP contribution < -0.4 is 4.90 Å². The Kier molecular flexibility index (Phi) is 5.00. The highest BCUT2D eigenvalue weighted by Crippen LogP contribution is 2.28. The molecule has 0 bridgehead atoms. The van der Waals surface area contributed by atoms with Crippen molar-refractivity contribution in [3.63, 3.8) is 0 Å². The van der Waals surface area contributed by atoms with E-state index < -0.39 is 0 Å². The lowest BCUT2D eigenvalue weighted by Crippen LogP contribution is -2.32. The lowest BCUT2D eigenvalue weighted by atomic mass is 10.0. The zero-order valence-electron chi connectivity index (χ0n) is 12.2. The highest BCUT2D eigenvalue weighted by Gasteiger charge is 2.20. The van der Waals surface area contributed by atoms with E-state index in [0.717, 1.165) is 11.3 Å². The molecule has 2 rings (SSSR count). The van der Waals surface area contributed by atoms with Crippen molar-refractivity contribution >= 4 is 11.5 Å². The highest BCUT2D eigenvalue weighted by atomic mass is 16.1. The molecular weight excluding hydrogens is 234 g/mol. The van der Waals surface area contributed by atoms with Crippen molar-refractivity contribution in [3.8, 4) is 0 Å². The van der Waals surface area contributed by atoms with Gasteiger partial charge in [-0.15, -0.1) is 0 Å². The zero-order chi connectivity index (χ0) is 13.7. The summed E-state index contributed by atoms with van der Waals surface area (Å²) in [5.74, 6) is 0.246. The Morgan fingerprint density at radius 3 is 2.42 bits per heavy atom. The van der Waals surface area contributed by atoms with Crippen LogP contribution in [0.15, 0.2) is 24.3 Å². The molecule has 0 saturated heterocycles. The van der Waals surface area contributed by atoms with E-state index >= 15 is 0 Å². The van der Waals surface area contributed by atoms with Gasteiger partial charge >= 0.3 is 0 Å². The first-order chi connectivity index (χ1) is 9.24. The summed E-state index contributed by atoms with van der Waals surface area (Å²) in [6, 6.07) is 8.65. The van der Waals surface area contributed by atoms with Gasteiger partial charge in [-0.25, -0.2) is 0 Å². The first kappa shape index (κ1) is 14.1. The summed E-state index contributed by atoms with van der Waals surface area (Å²) in [6.45, 7) is 1.94. The number of para-hydroxylation sites is 1. The zero-order valence-corrected chi connectivity index (χ0v) is 12.2. The number of benzene rings is 1. The summed E-state index contributed by atoms with van der Waals surface area (Å²) in [7, 11) is 2.15. The van der Waals surface area contributed by atoms with E-state index in [1.54, 1.807) is 0 Å². The largest absolute Gasteiger partial charge is 0.371 e. The average Bonchev–Trinajstić information content (AvgIpc) is 2.74. The van der Waals surface area contributed by atoms with Gasteiger partial charge in [-0.3, -0.25) is 4.79 Å². The molecule has 19 heavy (non-hydrogen) atoms. The second-order valence-electron chi connectivity index (χ2n) is 5.55. The normalized spacial score (nSPS) is 16.9. The summed E-state index contributed by atoms with van der Waals surface area (Å²) in [5.41, 5.74) is 2.00. The van der Waals surface area contributed by atoms with E-state index in [1.807, 2.05) is 25.1 Å². The lowest BCUT2D eigenvalue weighted by molar-refractivity contribution is 0.0988. The molecule has 0 spiro atoms. The second kappa shape index (κ2) is 6.74. The SMILES string of the molecule is CCC(=O)c1ccccc1N(C)C1CCCCCC1. The average molecular weight is 259 g/mol. The van der Waals surface area contributed by atoms with Crippen LogP contribution in [-0.4, -0.2) is 18.9 Å². The molecule has 1 saturated carbocycles. The number of rotatable bonds is 4. The molecule has 0 atom stereocenters. The number of hydrogen-bond acceptors (Lipinski definition) is 2. The third-order valence-electron chi connectivity index (χ3n) is 4.28. The maximum Gasteiger partial charge on any atom is 0.164 e. The van der Waals surface area contributed by atoms with Crippen molar-refractivity contribution in [2.24, 2.45) is 0 Å². The van der Waals surface area contributed by atoms with Gasteiger partial charge in [-0.2, -0.15) is 0 Å². The Labute approximate surface area is 116 Å². The summed E-state index contributed by atoms with van der Waals surface area (Å²) in [4.78, 5) is 14.4. The Hall–Kier alpha value is -1.31. The van der Waals surface area contributed by atoms with Crippen LogP contribution in [0.3, 0.4) is 0 Å². The topological polar surface area (TPSA) is 20.3 Å². The fraction of sp³-hybridized carbons (Fsp3) is 0.588. The Bertz CT molecular complexity index is 419. The fourth-order valence-electron chi connectivity index (χ4n) is 3.05. The van der Waals surface area contributed by atoms with E-state index in [9.17, 15) is 4.79 Å². The highest BCUT2D eigenvalue weighted by molar-refractivity contribution is 6.01. The number of carbonyl (C=O) groups excluding carboxylic acids is 1. The number of ketones is 1. The van der Waals surface area contributed by atoms with Gasteiger partial charge < -0.3 is 4.90 Å². The molecule has 1 aromatic rings. The molecular formula is C17H25NO. The molecule has 1 aromatic carbocycles. The summed E-state index contributed by atoms with van der Waals surface area (Å²) in [6.07, 6.45) is 8.45. The number of nitrogens with zero attached hydrogens (tertiary/aromatic N) is 1. The van der Waals surface area contributed by atoms with Crippen LogP contribution in [0, 0.1) is 0 Å². The van der Waals surface area contributed by atoms with Crippen molar-refractivity contribution < 1.29 is 4.79 Å². The van der Waals surface area contributed by atoms with Gasteiger partial charge in [0.25, 0.3) is 0 Å². The molecule has 104 valence electrons. The fourth-order valence-corrected chi connectivity index (χ4v) is 3.05. The molecule has 0 aromatic heterocycles. The summed E-state index contributed by atoms with van der Waals surface area (Å²) < 4.78 is 0. The molecule has 1 aliphatic rings. The molecule has 0 amide bonds. The smallest absolute Gasteiger partial charge is 0.164 e. The van der Waals surface area contributed by atoms with Crippen molar-refractivity contribution in [1.82, 2.24) is 0 Å². The van der Waals surface area contributed by atoms with Gasteiger partial charge in [-0.1, -0.05) is 44.7 Å². The molecule has 1 aliphatic carbocycles. The van der Waals surface area contributed by atoms with Crippen molar-refractivity contribution in [2.45, 2.75) is 57.9 Å². The van der Waals surface area contributed by atoms with E-state index in [0.29, 0.717) is 12.5 Å². The molecule has 0 radical (unpaired) electrons. The molecule has 0 unspecified atom stereocenters. The third kappa shape index (κ3) is 3.37. The van der Waals surface area contributed by atoms with Crippen LogP contribution in [0.2, 0.25) is 0 Å². The van der Waals surface area contributed by atoms with Gasteiger partial charge in [-0.05, 0) is 25.0 Å². The maximum atomic E-state index is 12.1. The number of anilines is 1. The minimum Gasteiger partial charge on any atom is -0.371 e. The van der Waals surface area contributed by atoms with E-state index in [1.165, 1.54) is 38.5 Å². The van der Waals surface area contributed by atoms with Crippen molar-refractivity contribution in [1.29, 1.82) is 0 Å². The van der Waals surface area contributed by atoms with Crippen LogP contribution in [-0.2, 0) is 0 Å². The quantitative estimate of drug-likeness (QED) is 0.588. The van der Waals surface area contributed by atoms with Crippen LogP contribution in [0.1, 0.15) is 62.2 Å². The summed E-state index contributed by atoms with van der Waals surface area (Å²) >= 11 is 0. The molecule has 1 fully saturated rings. The van der Waals surface area contributed by atoms with Gasteiger partial charge in [0.15, 0.2) is 5.78 Å². The number of carbonyl (C=O) groups is 1. The van der Waals surface area contributed by atoms with E-state index in [2.05, 4.69) is 18.0 Å². The van der Waals surface area contributed by atoms with Crippen LogP contribution in [0.5, 0.6) is 0 Å². The maximum absolute atomic E-state index is 12.1. The number of hydrogen-bond donors (Lipinski definition) is 0. The van der Waals surface area contributed by atoms with Crippen LogP contribution in [0.4, 0.5) is 5.69 Å². The Morgan fingerprint density at radius 2 is 1.79 bits per heavy atom. The molecule has 2 heteroatoms. The minimum atomic E-state index is 0.246. The minimum absolute atomic E-state index is 0.246. The first-order valence-electron chi connectivity index (χ1n) is 7.59. The van der Waals surface area contributed by atoms with Gasteiger partial charge in [0.05, 0.1) is 0 Å². The Balaban J connectivity index is 2.22. The first-order valence-corrected chi connectivity index (χ1v) is 7.59. The van der Waals surface area contributed by atoms with Gasteiger partial charge in [0.1, 0.15) is 0 Å². The standard InChI is InChI=1S/C17H25NO/c1-3-17(19)15-12-8-9-13-16(15)18(2)14-10-6-4-5-7-11-14/h8-9,12-14H,3-7,10-11H2,1-2H3. The molecule has 0 aliphatic heterocycles. The number of Topliss-reactive ketones (excluding diaryl/α,β-unsaturated/α-hetero) is 1. The van der Waals surface area contributed by atoms with Crippen LogP contribution in [0.25, 0.3) is 0 Å². The van der Waals surface area contributed by atoms with Crippen molar-refractivity contribution in [2.75, 3.05) is 11.9 Å². The van der Waals surface area contributed by atoms with Gasteiger partial charge in [0.2, 0.25) is 0 Å². The molecule has 2 nitrogen and oxygen atoms in total. The predicted molar refractivity (Wildman–Crippen MR) is 81.0 cm³/mol. The molecule has 0 heterocycles. The van der Waals surface area contributed by atoms with Crippen LogP contribution >= 0.6 is 0 Å². The lowest BCUT2D eigenvalue weighted by Gasteiger charge is -2.30. The van der Waals surface area contributed by atoms with Gasteiger partial charge in [0, 0.05) is 30.8 Å². The Morgan fingerprint density at radius 1 is 1.16 bits per heavy atom. The third-order valence-corrected chi connectivity index (χ3v) is 4.28.